The number of hydrogen-bond acceptors (Lipinski definition) is 1. The van der Waals surface area contributed by atoms with E-state index in [0.717, 1.165) is 0 Å². The van der Waals surface area contributed by atoms with E-state index in [1.54, 1.807) is 0 Å². The van der Waals surface area contributed by atoms with E-state index in [0.29, 0.717) is 10.6 Å². The zero-order valence-corrected chi connectivity index (χ0v) is 9.20. The topological polar surface area (TPSA) is 26.0 Å². The molecule has 1 fully saturated rings. The minimum Gasteiger partial charge on any atom is -0.330 e. The van der Waals surface area contributed by atoms with Crippen LogP contribution in [0.2, 0.25) is 5.02 Å². The molecule has 0 amide bonds. The van der Waals surface area contributed by atoms with Crippen LogP contribution >= 0.6 is 11.6 Å². The second-order valence-corrected chi connectivity index (χ2v) is 4.73. The van der Waals surface area contributed by atoms with Crippen LogP contribution in [0.5, 0.6) is 0 Å². The van der Waals surface area contributed by atoms with Crippen LogP contribution in [-0.2, 0) is 5.41 Å². The third-order valence-electron chi connectivity index (χ3n) is 3.08. The van der Waals surface area contributed by atoms with E-state index in [2.05, 4.69) is 0 Å². The number of halogens is 4. The standard InChI is InChI=1S/C11H11ClF3N/c12-9-2-1-7(13)3-8(9)10(6-16)4-11(14,15)5-10/h1-3H,4-6,16H2. The summed E-state index contributed by atoms with van der Waals surface area (Å²) in [6.45, 7) is 0.0474. The van der Waals surface area contributed by atoms with Crippen LogP contribution in [0.15, 0.2) is 18.2 Å². The second kappa shape index (κ2) is 3.64. The predicted octanol–water partition coefficient (Wildman–Crippen LogP) is 3.10. The fourth-order valence-electron chi connectivity index (χ4n) is 2.29. The van der Waals surface area contributed by atoms with Crippen LogP contribution in [0, 0.1) is 5.82 Å². The fraction of sp³-hybridized carbons (Fsp3) is 0.455. The maximum atomic E-state index is 13.1. The molecule has 0 radical (unpaired) electrons. The van der Waals surface area contributed by atoms with Gasteiger partial charge in [0.2, 0.25) is 5.92 Å². The molecule has 1 aromatic rings. The lowest BCUT2D eigenvalue weighted by molar-refractivity contribution is -0.123. The molecule has 0 spiro atoms. The third-order valence-corrected chi connectivity index (χ3v) is 3.41. The van der Waals surface area contributed by atoms with E-state index in [4.69, 9.17) is 17.3 Å². The van der Waals surface area contributed by atoms with Gasteiger partial charge in [0, 0.05) is 29.8 Å². The Hall–Kier alpha value is -0.740. The van der Waals surface area contributed by atoms with E-state index in [1.165, 1.54) is 18.2 Å². The normalized spacial score (nSPS) is 21.6. The molecule has 5 heteroatoms. The van der Waals surface area contributed by atoms with Crippen molar-refractivity contribution >= 4 is 11.6 Å². The molecule has 88 valence electrons. The number of rotatable bonds is 2. The molecule has 0 aromatic heterocycles. The molecule has 0 bridgehead atoms. The Morgan fingerprint density at radius 2 is 1.94 bits per heavy atom. The molecule has 1 aliphatic rings. The molecule has 16 heavy (non-hydrogen) atoms. The molecule has 2 rings (SSSR count). The molecule has 0 unspecified atom stereocenters. The summed E-state index contributed by atoms with van der Waals surface area (Å²) in [7, 11) is 0. The molecule has 2 N–H and O–H groups in total. The maximum Gasteiger partial charge on any atom is 0.250 e. The summed E-state index contributed by atoms with van der Waals surface area (Å²) in [6.07, 6.45) is -0.723. The average molecular weight is 250 g/mol. The van der Waals surface area contributed by atoms with Gasteiger partial charge in [0.1, 0.15) is 5.82 Å². The van der Waals surface area contributed by atoms with E-state index in [1.807, 2.05) is 0 Å². The van der Waals surface area contributed by atoms with Crippen LogP contribution < -0.4 is 5.73 Å². The smallest absolute Gasteiger partial charge is 0.250 e. The van der Waals surface area contributed by atoms with Crippen LogP contribution in [0.3, 0.4) is 0 Å². The van der Waals surface area contributed by atoms with Gasteiger partial charge in [-0.15, -0.1) is 0 Å². The lowest BCUT2D eigenvalue weighted by Gasteiger charge is -2.47. The van der Waals surface area contributed by atoms with Gasteiger partial charge in [-0.3, -0.25) is 0 Å². The van der Waals surface area contributed by atoms with Crippen molar-refractivity contribution in [2.45, 2.75) is 24.2 Å². The monoisotopic (exact) mass is 249 g/mol. The molecule has 1 aliphatic carbocycles. The zero-order chi connectivity index (χ0) is 12.0. The molecule has 0 saturated heterocycles. The Kier molecular flexibility index (Phi) is 2.67. The largest absolute Gasteiger partial charge is 0.330 e. The summed E-state index contributed by atoms with van der Waals surface area (Å²) in [5, 5.41) is 0.294. The molecule has 0 heterocycles. The van der Waals surface area contributed by atoms with E-state index < -0.39 is 17.2 Å². The highest BCUT2D eigenvalue weighted by atomic mass is 35.5. The Bertz CT molecular complexity index is 412. The summed E-state index contributed by atoms with van der Waals surface area (Å²) < 4.78 is 39.0. The summed E-state index contributed by atoms with van der Waals surface area (Å²) in [5.74, 6) is -3.20. The quantitative estimate of drug-likeness (QED) is 0.856. The number of benzene rings is 1. The van der Waals surface area contributed by atoms with Crippen molar-refractivity contribution in [1.82, 2.24) is 0 Å². The minimum absolute atomic E-state index is 0.0474. The van der Waals surface area contributed by atoms with Gasteiger partial charge in [-0.25, -0.2) is 13.2 Å². The van der Waals surface area contributed by atoms with Gasteiger partial charge in [0.05, 0.1) is 0 Å². The van der Waals surface area contributed by atoms with Gasteiger partial charge < -0.3 is 5.73 Å². The molecule has 1 aromatic carbocycles. The molecule has 1 nitrogen and oxygen atoms in total. The zero-order valence-electron chi connectivity index (χ0n) is 8.44. The van der Waals surface area contributed by atoms with Crippen molar-refractivity contribution in [2.24, 2.45) is 5.73 Å². The Balaban J connectivity index is 2.39. The van der Waals surface area contributed by atoms with Crippen LogP contribution in [-0.4, -0.2) is 12.5 Å². The highest BCUT2D eigenvalue weighted by molar-refractivity contribution is 6.31. The van der Waals surface area contributed by atoms with E-state index >= 15 is 0 Å². The van der Waals surface area contributed by atoms with Gasteiger partial charge in [-0.05, 0) is 23.8 Å². The first-order valence-electron chi connectivity index (χ1n) is 4.92. The predicted molar refractivity (Wildman–Crippen MR) is 56.3 cm³/mol. The van der Waals surface area contributed by atoms with Crippen molar-refractivity contribution in [3.63, 3.8) is 0 Å². The van der Waals surface area contributed by atoms with Crippen LogP contribution in [0.25, 0.3) is 0 Å². The first kappa shape index (κ1) is 11.7. The lowest BCUT2D eigenvalue weighted by atomic mass is 9.62. The Morgan fingerprint density at radius 3 is 2.44 bits per heavy atom. The summed E-state index contributed by atoms with van der Waals surface area (Å²) in [5.41, 5.74) is 5.05. The van der Waals surface area contributed by atoms with Gasteiger partial charge >= 0.3 is 0 Å². The van der Waals surface area contributed by atoms with Crippen molar-refractivity contribution in [3.05, 3.63) is 34.6 Å². The van der Waals surface area contributed by atoms with Crippen molar-refractivity contribution < 1.29 is 13.2 Å². The highest BCUT2D eigenvalue weighted by Gasteiger charge is 2.57. The van der Waals surface area contributed by atoms with Crippen molar-refractivity contribution in [1.29, 1.82) is 0 Å². The summed E-state index contributed by atoms with van der Waals surface area (Å²) in [6, 6.07) is 3.78. The average Bonchev–Trinajstić information content (AvgIpc) is 2.17. The van der Waals surface area contributed by atoms with Gasteiger partial charge in [-0.1, -0.05) is 11.6 Å². The first-order valence-corrected chi connectivity index (χ1v) is 5.30. The number of alkyl halides is 2. The van der Waals surface area contributed by atoms with Crippen molar-refractivity contribution in [3.8, 4) is 0 Å². The highest BCUT2D eigenvalue weighted by Crippen LogP contribution is 2.54. The maximum absolute atomic E-state index is 13.1. The molecule has 0 aliphatic heterocycles. The van der Waals surface area contributed by atoms with Gasteiger partial charge in [-0.2, -0.15) is 0 Å². The number of hydrogen-bond donors (Lipinski definition) is 1. The molecular formula is C11H11ClF3N. The summed E-state index contributed by atoms with van der Waals surface area (Å²) in [4.78, 5) is 0. The lowest BCUT2D eigenvalue weighted by Crippen LogP contribution is -2.53. The van der Waals surface area contributed by atoms with Crippen LogP contribution in [0.1, 0.15) is 18.4 Å². The molecular weight excluding hydrogens is 239 g/mol. The number of nitrogens with two attached hydrogens (primary N) is 1. The van der Waals surface area contributed by atoms with E-state index in [-0.39, 0.29) is 19.4 Å². The Morgan fingerprint density at radius 1 is 1.31 bits per heavy atom. The molecule has 1 saturated carbocycles. The SMILES string of the molecule is NCC1(c2cc(F)ccc2Cl)CC(F)(F)C1. The van der Waals surface area contributed by atoms with Crippen LogP contribution in [0.4, 0.5) is 13.2 Å². The van der Waals surface area contributed by atoms with Gasteiger partial charge in [0.15, 0.2) is 0 Å². The fourth-order valence-corrected chi connectivity index (χ4v) is 2.61. The summed E-state index contributed by atoms with van der Waals surface area (Å²) >= 11 is 5.90. The Labute approximate surface area is 96.4 Å². The minimum atomic E-state index is -2.71. The first-order chi connectivity index (χ1) is 7.38. The van der Waals surface area contributed by atoms with Gasteiger partial charge in [0.25, 0.3) is 0 Å². The molecule has 0 atom stereocenters. The third kappa shape index (κ3) is 1.80. The van der Waals surface area contributed by atoms with Crippen molar-refractivity contribution in [2.75, 3.05) is 6.54 Å². The second-order valence-electron chi connectivity index (χ2n) is 4.32. The van der Waals surface area contributed by atoms with E-state index in [9.17, 15) is 13.2 Å².